The summed E-state index contributed by atoms with van der Waals surface area (Å²) in [5.41, 5.74) is 0. The highest BCUT2D eigenvalue weighted by Gasteiger charge is 2.25. The molecule has 0 bridgehead atoms. The van der Waals surface area contributed by atoms with Gasteiger partial charge in [-0.25, -0.2) is 0 Å². The number of rotatable bonds is 3. The maximum absolute atomic E-state index is 12.1. The number of carbonyl (C=O) groups excluding carboxylic acids is 1. The molecule has 2 N–H and O–H groups in total. The summed E-state index contributed by atoms with van der Waals surface area (Å²) in [6.45, 7) is 2.84. The number of nitrogens with zero attached hydrogens (tertiary/aromatic N) is 1. The van der Waals surface area contributed by atoms with Crippen LogP contribution in [0.2, 0.25) is 0 Å². The highest BCUT2D eigenvalue weighted by Crippen LogP contribution is 2.18. The molecule has 0 spiro atoms. The molecule has 5 heteroatoms. The quantitative estimate of drug-likeness (QED) is 0.765. The number of amides is 1. The smallest absolute Gasteiger partial charge is 0.224 e. The van der Waals surface area contributed by atoms with E-state index in [0.717, 1.165) is 44.0 Å². The van der Waals surface area contributed by atoms with Gasteiger partial charge in [-0.1, -0.05) is 0 Å². The van der Waals surface area contributed by atoms with E-state index in [1.807, 2.05) is 16.7 Å². The molecule has 0 aromatic rings. The second-order valence-corrected chi connectivity index (χ2v) is 6.11. The fraction of sp³-hybridized carbons (Fsp3) is 0.917. The molecule has 2 aliphatic rings. The molecule has 2 unspecified atom stereocenters. The number of nitrogens with one attached hydrogen (secondary N) is 1. The summed E-state index contributed by atoms with van der Waals surface area (Å²) < 4.78 is 0. The van der Waals surface area contributed by atoms with Crippen LogP contribution >= 0.6 is 11.8 Å². The predicted octanol–water partition coefficient (Wildman–Crippen LogP) is 0.312. The second kappa shape index (κ2) is 6.61. The first-order valence-corrected chi connectivity index (χ1v) is 7.65. The number of aliphatic hydroxyl groups excluding tert-OH is 1. The van der Waals surface area contributed by atoms with Crippen LogP contribution in [0.4, 0.5) is 0 Å². The van der Waals surface area contributed by atoms with Gasteiger partial charge >= 0.3 is 0 Å². The zero-order valence-corrected chi connectivity index (χ0v) is 11.0. The minimum Gasteiger partial charge on any atom is -0.396 e. The molecule has 2 saturated heterocycles. The molecule has 1 amide bonds. The van der Waals surface area contributed by atoms with E-state index in [1.165, 1.54) is 0 Å². The summed E-state index contributed by atoms with van der Waals surface area (Å²) in [6.07, 6.45) is 2.70. The number of likely N-dealkylation sites (tertiary alicyclic amines) is 1. The normalized spacial score (nSPS) is 30.3. The molecule has 2 fully saturated rings. The third-order valence-electron chi connectivity index (χ3n) is 3.55. The van der Waals surface area contributed by atoms with E-state index in [-0.39, 0.29) is 12.5 Å². The van der Waals surface area contributed by atoms with Gasteiger partial charge in [0.25, 0.3) is 0 Å². The van der Waals surface area contributed by atoms with Crippen LogP contribution in [0.1, 0.15) is 19.3 Å². The molecule has 0 aliphatic carbocycles. The minimum absolute atomic E-state index is 0.210. The van der Waals surface area contributed by atoms with Gasteiger partial charge in [0.15, 0.2) is 0 Å². The number of piperidine rings is 1. The van der Waals surface area contributed by atoms with Crippen molar-refractivity contribution in [2.75, 3.05) is 37.7 Å². The number of hydrogen-bond donors (Lipinski definition) is 2. The second-order valence-electron chi connectivity index (χ2n) is 4.96. The zero-order chi connectivity index (χ0) is 12.1. The van der Waals surface area contributed by atoms with E-state index in [4.69, 9.17) is 5.11 Å². The van der Waals surface area contributed by atoms with Crippen molar-refractivity contribution in [3.05, 3.63) is 0 Å². The van der Waals surface area contributed by atoms with Gasteiger partial charge in [0, 0.05) is 50.2 Å². The molecule has 98 valence electrons. The Morgan fingerprint density at radius 2 is 2.41 bits per heavy atom. The molecule has 0 radical (unpaired) electrons. The maximum atomic E-state index is 12.1. The average molecular weight is 258 g/mol. The van der Waals surface area contributed by atoms with Crippen molar-refractivity contribution in [1.82, 2.24) is 10.2 Å². The van der Waals surface area contributed by atoms with Gasteiger partial charge in [0.05, 0.1) is 0 Å². The summed E-state index contributed by atoms with van der Waals surface area (Å²) in [5.74, 6) is 2.74. The van der Waals surface area contributed by atoms with Crippen LogP contribution < -0.4 is 5.32 Å². The van der Waals surface area contributed by atoms with Crippen molar-refractivity contribution in [1.29, 1.82) is 0 Å². The van der Waals surface area contributed by atoms with Crippen molar-refractivity contribution in [2.24, 2.45) is 5.92 Å². The van der Waals surface area contributed by atoms with E-state index in [0.29, 0.717) is 18.4 Å². The Bertz CT molecular complexity index is 257. The van der Waals surface area contributed by atoms with Crippen molar-refractivity contribution >= 4 is 17.7 Å². The van der Waals surface area contributed by atoms with Gasteiger partial charge in [0.2, 0.25) is 5.91 Å². The fourth-order valence-corrected chi connectivity index (χ4v) is 3.48. The fourth-order valence-electron chi connectivity index (χ4n) is 2.53. The van der Waals surface area contributed by atoms with Gasteiger partial charge in [0.1, 0.15) is 0 Å². The van der Waals surface area contributed by atoms with Gasteiger partial charge in [-0.2, -0.15) is 11.8 Å². The first-order chi connectivity index (χ1) is 8.29. The molecule has 17 heavy (non-hydrogen) atoms. The standard InChI is InChI=1S/C12H22N2O2S/c15-8-10-2-1-4-14(7-10)12(16)6-11-9-17-5-3-13-11/h10-11,13,15H,1-9H2. The lowest BCUT2D eigenvalue weighted by Crippen LogP contribution is -2.45. The number of thioether (sulfide) groups is 1. The number of hydrogen-bond acceptors (Lipinski definition) is 4. The lowest BCUT2D eigenvalue weighted by molar-refractivity contribution is -0.133. The van der Waals surface area contributed by atoms with Crippen LogP contribution in [0.25, 0.3) is 0 Å². The van der Waals surface area contributed by atoms with Crippen molar-refractivity contribution in [2.45, 2.75) is 25.3 Å². The Labute approximate surface area is 107 Å². The van der Waals surface area contributed by atoms with Gasteiger partial charge in [-0.05, 0) is 18.8 Å². The molecular weight excluding hydrogens is 236 g/mol. The van der Waals surface area contributed by atoms with E-state index < -0.39 is 0 Å². The molecular formula is C12H22N2O2S. The summed E-state index contributed by atoms with van der Waals surface area (Å²) in [7, 11) is 0. The third-order valence-corrected chi connectivity index (χ3v) is 4.68. The molecule has 2 atom stereocenters. The molecule has 2 rings (SSSR count). The number of carbonyl (C=O) groups is 1. The monoisotopic (exact) mass is 258 g/mol. The Morgan fingerprint density at radius 3 is 3.12 bits per heavy atom. The SMILES string of the molecule is O=C(CC1CSCCN1)N1CCCC(CO)C1. The largest absolute Gasteiger partial charge is 0.396 e. The molecule has 4 nitrogen and oxygen atoms in total. The van der Waals surface area contributed by atoms with Crippen molar-refractivity contribution in [3.8, 4) is 0 Å². The molecule has 0 aromatic carbocycles. The first kappa shape index (κ1) is 13.2. The topological polar surface area (TPSA) is 52.6 Å². The van der Waals surface area contributed by atoms with Gasteiger partial charge in [-0.15, -0.1) is 0 Å². The number of aliphatic hydroxyl groups is 1. The Hall–Kier alpha value is -0.260. The van der Waals surface area contributed by atoms with Gasteiger partial charge in [-0.3, -0.25) is 4.79 Å². The summed E-state index contributed by atoms with van der Waals surface area (Å²) in [4.78, 5) is 14.1. The first-order valence-electron chi connectivity index (χ1n) is 6.49. The Balaban J connectivity index is 1.78. The van der Waals surface area contributed by atoms with Crippen LogP contribution in [0.15, 0.2) is 0 Å². The van der Waals surface area contributed by atoms with Crippen LogP contribution in [0.3, 0.4) is 0 Å². The predicted molar refractivity (Wildman–Crippen MR) is 70.1 cm³/mol. The van der Waals surface area contributed by atoms with Crippen LogP contribution in [0, 0.1) is 5.92 Å². The minimum atomic E-state index is 0.210. The molecule has 0 saturated carbocycles. The average Bonchev–Trinajstić information content (AvgIpc) is 2.40. The van der Waals surface area contributed by atoms with Crippen LogP contribution in [-0.2, 0) is 4.79 Å². The lowest BCUT2D eigenvalue weighted by atomic mass is 9.98. The van der Waals surface area contributed by atoms with Crippen molar-refractivity contribution < 1.29 is 9.90 Å². The van der Waals surface area contributed by atoms with E-state index >= 15 is 0 Å². The molecule has 2 aliphatic heterocycles. The lowest BCUT2D eigenvalue weighted by Gasteiger charge is -2.33. The maximum Gasteiger partial charge on any atom is 0.224 e. The van der Waals surface area contributed by atoms with E-state index in [2.05, 4.69) is 5.32 Å². The molecule has 2 heterocycles. The van der Waals surface area contributed by atoms with Crippen LogP contribution in [-0.4, -0.2) is 59.7 Å². The highest BCUT2D eigenvalue weighted by molar-refractivity contribution is 7.99. The van der Waals surface area contributed by atoms with Crippen molar-refractivity contribution in [3.63, 3.8) is 0 Å². The van der Waals surface area contributed by atoms with E-state index in [9.17, 15) is 4.79 Å². The molecule has 0 aromatic heterocycles. The van der Waals surface area contributed by atoms with Crippen LogP contribution in [0.5, 0.6) is 0 Å². The Morgan fingerprint density at radius 1 is 1.53 bits per heavy atom. The Kier molecular flexibility index (Phi) is 5.13. The van der Waals surface area contributed by atoms with Gasteiger partial charge < -0.3 is 15.3 Å². The summed E-state index contributed by atoms with van der Waals surface area (Å²) in [5, 5.41) is 12.6. The zero-order valence-electron chi connectivity index (χ0n) is 10.2. The van der Waals surface area contributed by atoms with E-state index in [1.54, 1.807) is 0 Å². The summed E-state index contributed by atoms with van der Waals surface area (Å²) in [6, 6.07) is 0.343. The highest BCUT2D eigenvalue weighted by atomic mass is 32.2. The third kappa shape index (κ3) is 3.86. The summed E-state index contributed by atoms with van der Waals surface area (Å²) >= 11 is 1.92.